The standard InChI is InChI=1S/C15H20N2O2/c1-2-3-10-16-15(19)17-11-13-7-5-4-6-12(13)8-9-14(17)18/h4-7H,2-3,8-11H2,1H3,(H,16,19). The van der Waals surface area contributed by atoms with Gasteiger partial charge in [0.2, 0.25) is 5.91 Å². The number of carbonyl (C=O) groups excluding carboxylic acids is 2. The molecule has 0 bridgehead atoms. The number of aryl methyl sites for hydroxylation is 1. The fraction of sp³-hybridized carbons (Fsp3) is 0.467. The average Bonchev–Trinajstić information content (AvgIpc) is 2.59. The second-order valence-electron chi connectivity index (χ2n) is 4.83. The van der Waals surface area contributed by atoms with E-state index >= 15 is 0 Å². The Morgan fingerprint density at radius 3 is 2.74 bits per heavy atom. The summed E-state index contributed by atoms with van der Waals surface area (Å²) >= 11 is 0. The van der Waals surface area contributed by atoms with Crippen molar-refractivity contribution in [3.8, 4) is 0 Å². The monoisotopic (exact) mass is 260 g/mol. The van der Waals surface area contributed by atoms with Gasteiger partial charge in [-0.3, -0.25) is 9.69 Å². The number of unbranched alkanes of at least 4 members (excludes halogenated alkanes) is 1. The van der Waals surface area contributed by atoms with Crippen molar-refractivity contribution < 1.29 is 9.59 Å². The molecular formula is C15H20N2O2. The first-order valence-corrected chi connectivity index (χ1v) is 6.87. The number of hydrogen-bond acceptors (Lipinski definition) is 2. The van der Waals surface area contributed by atoms with E-state index in [1.165, 1.54) is 10.5 Å². The number of nitrogens with zero attached hydrogens (tertiary/aromatic N) is 1. The van der Waals surface area contributed by atoms with E-state index in [0.717, 1.165) is 18.4 Å². The molecule has 1 aromatic rings. The van der Waals surface area contributed by atoms with Crippen LogP contribution in [0.2, 0.25) is 0 Å². The van der Waals surface area contributed by atoms with Crippen LogP contribution in [0.5, 0.6) is 0 Å². The first-order chi connectivity index (χ1) is 9.22. The lowest BCUT2D eigenvalue weighted by atomic mass is 10.0. The summed E-state index contributed by atoms with van der Waals surface area (Å²) in [6, 6.07) is 7.67. The molecule has 0 radical (unpaired) electrons. The zero-order chi connectivity index (χ0) is 13.7. The molecule has 0 saturated heterocycles. The van der Waals surface area contributed by atoms with Crippen molar-refractivity contribution in [2.24, 2.45) is 0 Å². The molecule has 1 aromatic carbocycles. The second-order valence-corrected chi connectivity index (χ2v) is 4.83. The number of benzene rings is 1. The van der Waals surface area contributed by atoms with Gasteiger partial charge in [0.05, 0.1) is 6.54 Å². The third kappa shape index (κ3) is 3.34. The number of amides is 3. The summed E-state index contributed by atoms with van der Waals surface area (Å²) in [5, 5.41) is 2.81. The Bertz CT molecular complexity index is 471. The van der Waals surface area contributed by atoms with Crippen LogP contribution in [-0.4, -0.2) is 23.4 Å². The third-order valence-corrected chi connectivity index (χ3v) is 3.41. The molecule has 3 amide bonds. The molecule has 19 heavy (non-hydrogen) atoms. The smallest absolute Gasteiger partial charge is 0.324 e. The van der Waals surface area contributed by atoms with Gasteiger partial charge in [-0.2, -0.15) is 0 Å². The fourth-order valence-corrected chi connectivity index (χ4v) is 2.24. The van der Waals surface area contributed by atoms with Gasteiger partial charge in [0.15, 0.2) is 0 Å². The summed E-state index contributed by atoms with van der Waals surface area (Å²) in [7, 11) is 0. The quantitative estimate of drug-likeness (QED) is 0.849. The van der Waals surface area contributed by atoms with Crippen LogP contribution in [-0.2, 0) is 17.8 Å². The van der Waals surface area contributed by atoms with Gasteiger partial charge in [-0.25, -0.2) is 4.79 Å². The maximum atomic E-state index is 12.0. The van der Waals surface area contributed by atoms with Crippen LogP contribution in [0.1, 0.15) is 37.3 Å². The van der Waals surface area contributed by atoms with Gasteiger partial charge in [-0.05, 0) is 24.0 Å². The molecule has 4 heteroatoms. The lowest BCUT2D eigenvalue weighted by molar-refractivity contribution is -0.128. The molecule has 0 unspecified atom stereocenters. The van der Waals surface area contributed by atoms with E-state index in [-0.39, 0.29) is 11.9 Å². The van der Waals surface area contributed by atoms with Gasteiger partial charge in [0.25, 0.3) is 0 Å². The Kier molecular flexibility index (Phi) is 4.55. The number of carbonyl (C=O) groups is 2. The molecule has 0 saturated carbocycles. The number of fused-ring (bicyclic) bond motifs is 1. The first kappa shape index (κ1) is 13.6. The number of hydrogen-bond donors (Lipinski definition) is 1. The number of urea groups is 1. The van der Waals surface area contributed by atoms with Crippen molar-refractivity contribution in [3.05, 3.63) is 35.4 Å². The van der Waals surface area contributed by atoms with Crippen molar-refractivity contribution in [1.29, 1.82) is 0 Å². The molecular weight excluding hydrogens is 240 g/mol. The summed E-state index contributed by atoms with van der Waals surface area (Å²) < 4.78 is 0. The summed E-state index contributed by atoms with van der Waals surface area (Å²) in [6.45, 7) is 3.08. The molecule has 0 aliphatic carbocycles. The molecule has 1 N–H and O–H groups in total. The fourth-order valence-electron chi connectivity index (χ4n) is 2.24. The van der Waals surface area contributed by atoms with Crippen LogP contribution in [0, 0.1) is 0 Å². The van der Waals surface area contributed by atoms with Crippen LogP contribution in [0.3, 0.4) is 0 Å². The number of rotatable bonds is 3. The lowest BCUT2D eigenvalue weighted by Gasteiger charge is -2.19. The van der Waals surface area contributed by atoms with E-state index in [2.05, 4.69) is 12.2 Å². The van der Waals surface area contributed by atoms with Crippen LogP contribution in [0.25, 0.3) is 0 Å². The second kappa shape index (κ2) is 6.36. The molecule has 4 nitrogen and oxygen atoms in total. The van der Waals surface area contributed by atoms with Gasteiger partial charge in [-0.1, -0.05) is 37.6 Å². The highest BCUT2D eigenvalue weighted by atomic mass is 16.2. The molecule has 1 aliphatic rings. The van der Waals surface area contributed by atoms with E-state index < -0.39 is 0 Å². The van der Waals surface area contributed by atoms with E-state index in [1.54, 1.807) is 0 Å². The summed E-state index contributed by atoms with van der Waals surface area (Å²) in [5.74, 6) is -0.0924. The lowest BCUT2D eigenvalue weighted by Crippen LogP contribution is -2.43. The van der Waals surface area contributed by atoms with Gasteiger partial charge < -0.3 is 5.32 Å². The maximum Gasteiger partial charge on any atom is 0.324 e. The Hall–Kier alpha value is -1.84. The largest absolute Gasteiger partial charge is 0.338 e. The van der Waals surface area contributed by atoms with Gasteiger partial charge in [0.1, 0.15) is 0 Å². The highest BCUT2D eigenvalue weighted by molar-refractivity contribution is 5.94. The van der Waals surface area contributed by atoms with Crippen LogP contribution in [0.15, 0.2) is 24.3 Å². The minimum atomic E-state index is -0.268. The van der Waals surface area contributed by atoms with Crippen molar-refractivity contribution in [2.45, 2.75) is 39.2 Å². The predicted octanol–water partition coefficient (Wildman–Crippen LogP) is 2.47. The third-order valence-electron chi connectivity index (χ3n) is 3.41. The van der Waals surface area contributed by atoms with Crippen LogP contribution < -0.4 is 5.32 Å². The summed E-state index contributed by atoms with van der Waals surface area (Å²) in [4.78, 5) is 25.4. The van der Waals surface area contributed by atoms with E-state index in [9.17, 15) is 9.59 Å². The van der Waals surface area contributed by atoms with Crippen LogP contribution in [0.4, 0.5) is 4.79 Å². The molecule has 1 heterocycles. The van der Waals surface area contributed by atoms with Crippen molar-refractivity contribution in [3.63, 3.8) is 0 Å². The minimum Gasteiger partial charge on any atom is -0.338 e. The molecule has 0 fully saturated rings. The Morgan fingerprint density at radius 2 is 2.00 bits per heavy atom. The topological polar surface area (TPSA) is 49.4 Å². The average molecular weight is 260 g/mol. The van der Waals surface area contributed by atoms with Gasteiger partial charge in [-0.15, -0.1) is 0 Å². The summed E-state index contributed by atoms with van der Waals surface area (Å²) in [5.41, 5.74) is 2.23. The zero-order valence-corrected chi connectivity index (χ0v) is 11.3. The molecule has 0 spiro atoms. The van der Waals surface area contributed by atoms with E-state index in [4.69, 9.17) is 0 Å². The Balaban J connectivity index is 2.07. The molecule has 2 rings (SSSR count). The maximum absolute atomic E-state index is 12.0. The highest BCUT2D eigenvalue weighted by Gasteiger charge is 2.25. The number of imide groups is 1. The summed E-state index contributed by atoms with van der Waals surface area (Å²) in [6.07, 6.45) is 3.08. The zero-order valence-electron chi connectivity index (χ0n) is 11.3. The van der Waals surface area contributed by atoms with E-state index in [1.807, 2.05) is 24.3 Å². The SMILES string of the molecule is CCCCNC(=O)N1Cc2ccccc2CCC1=O. The Labute approximate surface area is 113 Å². The van der Waals surface area contributed by atoms with Gasteiger partial charge in [0, 0.05) is 13.0 Å². The highest BCUT2D eigenvalue weighted by Crippen LogP contribution is 2.19. The minimum absolute atomic E-state index is 0.0924. The van der Waals surface area contributed by atoms with E-state index in [0.29, 0.717) is 25.9 Å². The Morgan fingerprint density at radius 1 is 1.26 bits per heavy atom. The van der Waals surface area contributed by atoms with Crippen LogP contribution >= 0.6 is 0 Å². The normalized spacial score (nSPS) is 14.8. The van der Waals surface area contributed by atoms with Crippen molar-refractivity contribution >= 4 is 11.9 Å². The molecule has 102 valence electrons. The predicted molar refractivity (Wildman–Crippen MR) is 73.6 cm³/mol. The molecule has 1 aliphatic heterocycles. The number of nitrogens with one attached hydrogen (secondary N) is 1. The molecule has 0 atom stereocenters. The van der Waals surface area contributed by atoms with Crippen molar-refractivity contribution in [2.75, 3.05) is 6.54 Å². The van der Waals surface area contributed by atoms with Crippen molar-refractivity contribution in [1.82, 2.24) is 10.2 Å². The molecule has 0 aromatic heterocycles. The van der Waals surface area contributed by atoms with Gasteiger partial charge >= 0.3 is 6.03 Å². The first-order valence-electron chi connectivity index (χ1n) is 6.87.